The van der Waals surface area contributed by atoms with Crippen molar-refractivity contribution in [3.05, 3.63) is 29.0 Å². The third kappa shape index (κ3) is 3.46. The summed E-state index contributed by atoms with van der Waals surface area (Å²) in [5, 5.41) is 10.5. The largest absolute Gasteiger partial charge is 0.388 e. The molecule has 0 saturated heterocycles. The van der Waals surface area contributed by atoms with Gasteiger partial charge in [-0.25, -0.2) is 8.42 Å². The zero-order chi connectivity index (χ0) is 14.0. The first kappa shape index (κ1) is 14.8. The molecule has 6 heteroatoms. The van der Waals surface area contributed by atoms with E-state index in [-0.39, 0.29) is 11.2 Å². The topological polar surface area (TPSA) is 67.3 Å². The lowest BCUT2D eigenvalue weighted by molar-refractivity contribution is 0.0857. The Hall–Kier alpha value is -0.650. The lowest BCUT2D eigenvalue weighted by atomic mass is 9.82. The monoisotopic (exact) mass is 303 g/mol. The Morgan fingerprint density at radius 3 is 2.84 bits per heavy atom. The van der Waals surface area contributed by atoms with Crippen LogP contribution in [0.3, 0.4) is 0 Å². The average molecular weight is 304 g/mol. The molecule has 0 amide bonds. The minimum atomic E-state index is -3.04. The van der Waals surface area contributed by atoms with Gasteiger partial charge in [0.1, 0.15) is 9.84 Å². The number of nitrogens with zero attached hydrogens (tertiary/aromatic N) is 1. The zero-order valence-electron chi connectivity index (χ0n) is 10.8. The normalized spacial score (nSPS) is 26.1. The van der Waals surface area contributed by atoms with E-state index in [2.05, 4.69) is 4.98 Å². The maximum Gasteiger partial charge on any atom is 0.150 e. The molecule has 0 radical (unpaired) electrons. The Morgan fingerprint density at radius 2 is 2.21 bits per heavy atom. The van der Waals surface area contributed by atoms with E-state index in [0.717, 1.165) is 12.8 Å². The van der Waals surface area contributed by atoms with Gasteiger partial charge < -0.3 is 5.11 Å². The second kappa shape index (κ2) is 5.77. The number of aliphatic hydroxyl groups is 1. The molecule has 1 N–H and O–H groups in total. The van der Waals surface area contributed by atoms with Gasteiger partial charge in [0.15, 0.2) is 0 Å². The summed E-state index contributed by atoms with van der Waals surface area (Å²) in [6.45, 7) is 0. The summed E-state index contributed by atoms with van der Waals surface area (Å²) in [4.78, 5) is 3.89. The summed E-state index contributed by atoms with van der Waals surface area (Å²) in [5.74, 6) is -0.0617. The number of hydrogen-bond acceptors (Lipinski definition) is 4. The molecule has 1 aliphatic rings. The van der Waals surface area contributed by atoms with Gasteiger partial charge in [-0.1, -0.05) is 18.0 Å². The molecule has 1 aromatic rings. The molecule has 1 aliphatic carbocycles. The average Bonchev–Trinajstić information content (AvgIpc) is 2.38. The molecule has 4 nitrogen and oxygen atoms in total. The van der Waals surface area contributed by atoms with Crippen LogP contribution < -0.4 is 0 Å². The van der Waals surface area contributed by atoms with E-state index >= 15 is 0 Å². The Morgan fingerprint density at radius 1 is 1.47 bits per heavy atom. The fraction of sp³-hybridized carbons (Fsp3) is 0.615. The summed E-state index contributed by atoms with van der Waals surface area (Å²) in [7, 11) is -3.04. The second-order valence-corrected chi connectivity index (χ2v) is 7.95. The fourth-order valence-corrected chi connectivity index (χ4v) is 4.16. The van der Waals surface area contributed by atoms with Crippen molar-refractivity contribution >= 4 is 21.4 Å². The minimum absolute atomic E-state index is 0.0617. The van der Waals surface area contributed by atoms with Crippen LogP contribution in [0.15, 0.2) is 18.5 Å². The van der Waals surface area contributed by atoms with E-state index in [9.17, 15) is 13.5 Å². The first-order valence-corrected chi connectivity index (χ1v) is 8.69. The van der Waals surface area contributed by atoms with Crippen molar-refractivity contribution in [1.29, 1.82) is 0 Å². The van der Waals surface area contributed by atoms with E-state index in [4.69, 9.17) is 11.6 Å². The molecular weight excluding hydrogens is 286 g/mol. The van der Waals surface area contributed by atoms with Gasteiger partial charge in [-0.15, -0.1) is 0 Å². The molecule has 3 atom stereocenters. The smallest absolute Gasteiger partial charge is 0.150 e. The second-order valence-electron chi connectivity index (χ2n) is 5.22. The quantitative estimate of drug-likeness (QED) is 0.931. The van der Waals surface area contributed by atoms with Crippen LogP contribution in [0.5, 0.6) is 0 Å². The van der Waals surface area contributed by atoms with Crippen LogP contribution in [0.25, 0.3) is 0 Å². The van der Waals surface area contributed by atoms with Gasteiger partial charge in [0.25, 0.3) is 0 Å². The molecule has 0 aliphatic heterocycles. The summed E-state index contributed by atoms with van der Waals surface area (Å²) >= 11 is 6.02. The van der Waals surface area contributed by atoms with Crippen molar-refractivity contribution in [3.8, 4) is 0 Å². The molecule has 1 saturated carbocycles. The minimum Gasteiger partial charge on any atom is -0.388 e. The summed E-state index contributed by atoms with van der Waals surface area (Å²) < 4.78 is 23.3. The van der Waals surface area contributed by atoms with Crippen LogP contribution in [0.1, 0.15) is 37.4 Å². The van der Waals surface area contributed by atoms with Gasteiger partial charge in [0.2, 0.25) is 0 Å². The van der Waals surface area contributed by atoms with E-state index < -0.39 is 15.9 Å². The lowest BCUT2D eigenvalue weighted by Crippen LogP contribution is -2.30. The molecule has 106 valence electrons. The zero-order valence-corrected chi connectivity index (χ0v) is 12.4. The summed E-state index contributed by atoms with van der Waals surface area (Å²) in [5.41, 5.74) is 0.635. The maximum atomic E-state index is 11.6. The number of rotatable bonds is 3. The van der Waals surface area contributed by atoms with Crippen LogP contribution in [-0.4, -0.2) is 30.0 Å². The van der Waals surface area contributed by atoms with E-state index in [0.29, 0.717) is 23.4 Å². The Balaban J connectivity index is 2.16. The highest BCUT2D eigenvalue weighted by molar-refractivity contribution is 7.91. The van der Waals surface area contributed by atoms with E-state index in [1.165, 1.54) is 12.5 Å². The third-order valence-electron chi connectivity index (χ3n) is 3.84. The van der Waals surface area contributed by atoms with Gasteiger partial charge >= 0.3 is 0 Å². The lowest BCUT2D eigenvalue weighted by Gasteiger charge is -2.31. The number of pyridine rings is 1. The van der Waals surface area contributed by atoms with Gasteiger partial charge in [0.05, 0.1) is 16.4 Å². The highest BCUT2D eigenvalue weighted by Gasteiger charge is 2.33. The Bertz CT molecular complexity index is 547. The molecule has 2 rings (SSSR count). The fourth-order valence-electron chi connectivity index (χ4n) is 2.74. The number of halogens is 1. The Kier molecular flexibility index (Phi) is 4.48. The predicted octanol–water partition coefficient (Wildman–Crippen LogP) is 2.37. The maximum absolute atomic E-state index is 11.6. The van der Waals surface area contributed by atoms with Crippen LogP contribution in [0.2, 0.25) is 5.02 Å². The molecule has 1 aromatic heterocycles. The van der Waals surface area contributed by atoms with Crippen molar-refractivity contribution in [1.82, 2.24) is 4.98 Å². The van der Waals surface area contributed by atoms with Crippen LogP contribution in [-0.2, 0) is 9.84 Å². The van der Waals surface area contributed by atoms with Gasteiger partial charge in [0, 0.05) is 24.2 Å². The summed E-state index contributed by atoms with van der Waals surface area (Å²) in [6.07, 6.45) is 6.46. The van der Waals surface area contributed by atoms with Crippen LogP contribution >= 0.6 is 11.6 Å². The molecule has 0 aromatic carbocycles. The number of aromatic nitrogens is 1. The number of sulfone groups is 1. The third-order valence-corrected chi connectivity index (χ3v) is 5.80. The highest BCUT2D eigenvalue weighted by Crippen LogP contribution is 2.38. The molecule has 3 unspecified atom stereocenters. The molecule has 0 bridgehead atoms. The molecule has 1 fully saturated rings. The highest BCUT2D eigenvalue weighted by atomic mass is 35.5. The standard InChI is InChI=1S/C13H18ClNO3S/c1-19(17,18)10-4-2-3-9(7-10)13(16)11-5-6-15-8-12(11)14/h5-6,8-10,13,16H,2-4,7H2,1H3. The van der Waals surface area contributed by atoms with Crippen molar-refractivity contribution in [2.45, 2.75) is 37.0 Å². The number of hydrogen-bond donors (Lipinski definition) is 1. The Labute approximate surface area is 118 Å². The van der Waals surface area contributed by atoms with E-state index in [1.807, 2.05) is 0 Å². The molecule has 1 heterocycles. The molecule has 19 heavy (non-hydrogen) atoms. The van der Waals surface area contributed by atoms with E-state index in [1.54, 1.807) is 12.3 Å². The van der Waals surface area contributed by atoms with Gasteiger partial charge in [-0.3, -0.25) is 4.98 Å². The van der Waals surface area contributed by atoms with Crippen molar-refractivity contribution < 1.29 is 13.5 Å². The number of aliphatic hydroxyl groups excluding tert-OH is 1. The molecular formula is C13H18ClNO3S. The molecule has 0 spiro atoms. The first-order valence-electron chi connectivity index (χ1n) is 6.36. The van der Waals surface area contributed by atoms with Crippen molar-refractivity contribution in [3.63, 3.8) is 0 Å². The van der Waals surface area contributed by atoms with Crippen LogP contribution in [0.4, 0.5) is 0 Å². The van der Waals surface area contributed by atoms with Gasteiger partial charge in [-0.2, -0.15) is 0 Å². The predicted molar refractivity (Wildman–Crippen MR) is 74.8 cm³/mol. The van der Waals surface area contributed by atoms with Crippen molar-refractivity contribution in [2.75, 3.05) is 6.26 Å². The first-order chi connectivity index (χ1) is 8.89. The van der Waals surface area contributed by atoms with Crippen molar-refractivity contribution in [2.24, 2.45) is 5.92 Å². The SMILES string of the molecule is CS(=O)(=O)C1CCCC(C(O)c2ccncc2Cl)C1. The van der Waals surface area contributed by atoms with Gasteiger partial charge in [-0.05, 0) is 31.2 Å². The van der Waals surface area contributed by atoms with Crippen LogP contribution in [0, 0.1) is 5.92 Å². The summed E-state index contributed by atoms with van der Waals surface area (Å²) in [6, 6.07) is 1.69.